The van der Waals surface area contributed by atoms with E-state index in [9.17, 15) is 4.39 Å². The van der Waals surface area contributed by atoms with Crippen LogP contribution in [0, 0.1) is 12.7 Å². The maximum absolute atomic E-state index is 14.5. The Hall–Kier alpha value is -1.16. The molecule has 0 aliphatic carbocycles. The summed E-state index contributed by atoms with van der Waals surface area (Å²) in [6, 6.07) is 7.21. The van der Waals surface area contributed by atoms with Gasteiger partial charge in [-0.05, 0) is 31.5 Å². The Morgan fingerprint density at radius 2 is 1.90 bits per heavy atom. The molecule has 2 aromatic rings. The smallest absolute Gasteiger partial charge is 0.151 e. The third-order valence-electron chi connectivity index (χ3n) is 3.30. The number of hydrogen-bond donors (Lipinski definition) is 1. The van der Waals surface area contributed by atoms with Crippen molar-refractivity contribution in [2.45, 2.75) is 20.3 Å². The average Bonchev–Trinajstić information content (AvgIpc) is 2.42. The van der Waals surface area contributed by atoms with Gasteiger partial charge in [0.05, 0.1) is 5.69 Å². The molecule has 2 aromatic carbocycles. The van der Waals surface area contributed by atoms with E-state index in [0.717, 1.165) is 11.1 Å². The molecule has 0 heterocycles. The van der Waals surface area contributed by atoms with Crippen LogP contribution in [-0.4, -0.2) is 4.86 Å². The summed E-state index contributed by atoms with van der Waals surface area (Å²) < 4.78 is 14.5. The van der Waals surface area contributed by atoms with Crippen LogP contribution in [0.3, 0.4) is 0 Å². The lowest BCUT2D eigenvalue weighted by Crippen LogP contribution is -2.06. The second-order valence-electron chi connectivity index (χ2n) is 4.94. The number of rotatable bonds is 3. The Bertz CT molecular complexity index is 729. The standard InChI is InChI=1S/C16H14Cl2FNS/c1-8-3-4-13(17)10(5-8)6-12-14(18)7-11(9(2)21)16(20)15(12)19/h3-5,7H,6,20H2,1-2H3. The number of hydrogen-bond acceptors (Lipinski definition) is 2. The van der Waals surface area contributed by atoms with Gasteiger partial charge in [-0.15, -0.1) is 0 Å². The summed E-state index contributed by atoms with van der Waals surface area (Å²) in [6.07, 6.45) is 0.284. The maximum Gasteiger partial charge on any atom is 0.151 e. The van der Waals surface area contributed by atoms with E-state index in [1.165, 1.54) is 0 Å². The molecular weight excluding hydrogens is 328 g/mol. The zero-order valence-corrected chi connectivity index (χ0v) is 14.0. The van der Waals surface area contributed by atoms with Crippen LogP contribution in [0.25, 0.3) is 0 Å². The molecule has 0 unspecified atom stereocenters. The minimum absolute atomic E-state index is 0.0330. The van der Waals surface area contributed by atoms with Gasteiger partial charge in [0.1, 0.15) is 0 Å². The van der Waals surface area contributed by atoms with Gasteiger partial charge in [0, 0.05) is 32.5 Å². The SMILES string of the molecule is CC(=S)c1cc(Cl)c(Cc2cc(C)ccc2Cl)c(F)c1N. The third-order valence-corrected chi connectivity index (χ3v) is 4.22. The topological polar surface area (TPSA) is 26.0 Å². The zero-order valence-electron chi connectivity index (χ0n) is 11.6. The second kappa shape index (κ2) is 6.30. The fourth-order valence-corrected chi connectivity index (χ4v) is 2.77. The molecule has 1 nitrogen and oxygen atoms in total. The Morgan fingerprint density at radius 3 is 2.52 bits per heavy atom. The molecule has 0 saturated heterocycles. The van der Waals surface area contributed by atoms with Crippen LogP contribution in [0.5, 0.6) is 0 Å². The van der Waals surface area contributed by atoms with Gasteiger partial charge in [-0.3, -0.25) is 0 Å². The normalized spacial score (nSPS) is 10.7. The first-order valence-corrected chi connectivity index (χ1v) is 7.50. The van der Waals surface area contributed by atoms with Crippen molar-refractivity contribution in [3.05, 3.63) is 62.4 Å². The zero-order chi connectivity index (χ0) is 15.7. The van der Waals surface area contributed by atoms with Crippen molar-refractivity contribution in [1.29, 1.82) is 0 Å². The van der Waals surface area contributed by atoms with Crippen molar-refractivity contribution in [3.8, 4) is 0 Å². The van der Waals surface area contributed by atoms with Gasteiger partial charge in [-0.2, -0.15) is 0 Å². The Morgan fingerprint density at radius 1 is 1.24 bits per heavy atom. The maximum atomic E-state index is 14.5. The van der Waals surface area contributed by atoms with Crippen LogP contribution in [0.4, 0.5) is 10.1 Å². The quantitative estimate of drug-likeness (QED) is 0.462. The van der Waals surface area contributed by atoms with E-state index in [4.69, 9.17) is 41.2 Å². The summed E-state index contributed by atoms with van der Waals surface area (Å²) in [5, 5.41) is 0.878. The summed E-state index contributed by atoms with van der Waals surface area (Å²) in [5.74, 6) is -0.528. The number of aryl methyl sites for hydroxylation is 1. The first kappa shape index (κ1) is 16.2. The highest BCUT2D eigenvalue weighted by atomic mass is 35.5. The van der Waals surface area contributed by atoms with Gasteiger partial charge in [-0.1, -0.05) is 53.1 Å². The number of nitrogen functional groups attached to an aromatic ring is 1. The highest BCUT2D eigenvalue weighted by Gasteiger charge is 2.17. The van der Waals surface area contributed by atoms with E-state index >= 15 is 0 Å². The van der Waals surface area contributed by atoms with Crippen LogP contribution >= 0.6 is 35.4 Å². The molecule has 0 bridgehead atoms. The number of benzene rings is 2. The van der Waals surface area contributed by atoms with Crippen molar-refractivity contribution < 1.29 is 4.39 Å². The van der Waals surface area contributed by atoms with Crippen molar-refractivity contribution in [3.63, 3.8) is 0 Å². The molecule has 2 N–H and O–H groups in total. The van der Waals surface area contributed by atoms with Crippen LogP contribution in [0.2, 0.25) is 10.0 Å². The summed E-state index contributed by atoms with van der Waals surface area (Å²) in [7, 11) is 0. The highest BCUT2D eigenvalue weighted by molar-refractivity contribution is 7.80. The van der Waals surface area contributed by atoms with E-state index in [-0.39, 0.29) is 12.1 Å². The molecular formula is C16H14Cl2FNS. The molecule has 2 rings (SSSR count). The third kappa shape index (κ3) is 3.37. The van der Waals surface area contributed by atoms with Crippen LogP contribution in [0.15, 0.2) is 24.3 Å². The molecule has 0 radical (unpaired) electrons. The van der Waals surface area contributed by atoms with Crippen molar-refractivity contribution in [2.24, 2.45) is 0 Å². The molecule has 0 aliphatic heterocycles. The molecule has 0 atom stereocenters. The van der Waals surface area contributed by atoms with Gasteiger partial charge >= 0.3 is 0 Å². The molecule has 0 aromatic heterocycles. The summed E-state index contributed by atoms with van der Waals surface area (Å²) in [6.45, 7) is 3.64. The Labute approximate surface area is 138 Å². The highest BCUT2D eigenvalue weighted by Crippen LogP contribution is 2.32. The number of thiocarbonyl (C=S) groups is 1. The molecule has 0 aliphatic rings. The predicted octanol–water partition coefficient (Wildman–Crippen LogP) is 5.35. The van der Waals surface area contributed by atoms with E-state index in [1.54, 1.807) is 19.1 Å². The van der Waals surface area contributed by atoms with Crippen molar-refractivity contribution >= 4 is 46.0 Å². The fraction of sp³-hybridized carbons (Fsp3) is 0.188. The monoisotopic (exact) mass is 341 g/mol. The number of halogens is 3. The van der Waals surface area contributed by atoms with Gasteiger partial charge in [0.25, 0.3) is 0 Å². The van der Waals surface area contributed by atoms with Crippen LogP contribution in [-0.2, 0) is 6.42 Å². The molecule has 0 amide bonds. The molecule has 0 saturated carbocycles. The largest absolute Gasteiger partial charge is 0.396 e. The fourth-order valence-electron chi connectivity index (χ4n) is 2.16. The molecule has 110 valence electrons. The summed E-state index contributed by atoms with van der Waals surface area (Å²) in [4.78, 5) is 0.508. The van der Waals surface area contributed by atoms with Gasteiger partial charge in [0.2, 0.25) is 0 Å². The van der Waals surface area contributed by atoms with Crippen molar-refractivity contribution in [2.75, 3.05) is 5.73 Å². The molecule has 21 heavy (non-hydrogen) atoms. The first-order chi connectivity index (χ1) is 9.81. The summed E-state index contributed by atoms with van der Waals surface area (Å²) >= 11 is 17.4. The number of anilines is 1. The van der Waals surface area contributed by atoms with E-state index in [0.29, 0.717) is 26.0 Å². The average molecular weight is 342 g/mol. The van der Waals surface area contributed by atoms with E-state index in [1.807, 2.05) is 19.1 Å². The number of nitrogens with two attached hydrogens (primary N) is 1. The Balaban J connectivity index is 2.53. The Kier molecular flexibility index (Phi) is 4.87. The van der Waals surface area contributed by atoms with Crippen LogP contribution in [0.1, 0.15) is 29.2 Å². The van der Waals surface area contributed by atoms with E-state index < -0.39 is 5.82 Å². The van der Waals surface area contributed by atoms with E-state index in [2.05, 4.69) is 0 Å². The van der Waals surface area contributed by atoms with Crippen molar-refractivity contribution in [1.82, 2.24) is 0 Å². The predicted molar refractivity (Wildman–Crippen MR) is 92.2 cm³/mol. The molecule has 0 fully saturated rings. The van der Waals surface area contributed by atoms with Gasteiger partial charge in [-0.25, -0.2) is 4.39 Å². The summed E-state index contributed by atoms with van der Waals surface area (Å²) in [5.41, 5.74) is 8.51. The van der Waals surface area contributed by atoms with Gasteiger partial charge < -0.3 is 5.73 Å². The van der Waals surface area contributed by atoms with Gasteiger partial charge in [0.15, 0.2) is 5.82 Å². The lowest BCUT2D eigenvalue weighted by molar-refractivity contribution is 0.618. The minimum atomic E-state index is -0.528. The first-order valence-electron chi connectivity index (χ1n) is 6.33. The second-order valence-corrected chi connectivity index (χ2v) is 6.37. The molecule has 0 spiro atoms. The lowest BCUT2D eigenvalue weighted by Gasteiger charge is -2.13. The molecule has 5 heteroatoms. The van der Waals surface area contributed by atoms with Crippen LogP contribution < -0.4 is 5.73 Å². The minimum Gasteiger partial charge on any atom is -0.396 e. The lowest BCUT2D eigenvalue weighted by atomic mass is 9.99.